The first-order valence-electron chi connectivity index (χ1n) is 20.8. The van der Waals surface area contributed by atoms with Gasteiger partial charge >= 0.3 is 0 Å². The highest BCUT2D eigenvalue weighted by Gasteiger charge is 2.66. The van der Waals surface area contributed by atoms with Crippen molar-refractivity contribution in [1.82, 2.24) is 0 Å². The Hall–Kier alpha value is -4.56. The predicted octanol–water partition coefficient (Wildman–Crippen LogP) is 14.0. The largest absolute Gasteiger partial charge is 0.507 e. The number of benzene rings is 6. The van der Waals surface area contributed by atoms with E-state index in [2.05, 4.69) is 104 Å². The molecule has 0 saturated heterocycles. The number of hydrogen-bond donors (Lipinski definition) is 2. The molecule has 2 atom stereocenters. The van der Waals surface area contributed by atoms with E-state index in [0.717, 1.165) is 73.4 Å². The molecule has 0 aliphatic heterocycles. The summed E-state index contributed by atoms with van der Waals surface area (Å²) < 4.78 is 0. The molecule has 2 unspecified atom stereocenters. The van der Waals surface area contributed by atoms with E-state index in [4.69, 9.17) is 0 Å². The number of phenolic OH excluding ortho intramolecular Hbond substituents is 2. The minimum absolute atomic E-state index is 0.212. The summed E-state index contributed by atoms with van der Waals surface area (Å²) in [6.07, 6.45) is 14.7. The highest BCUT2D eigenvalue weighted by Crippen LogP contribution is 2.72. The lowest BCUT2D eigenvalue weighted by molar-refractivity contribution is 0.261. The molecule has 0 heterocycles. The second kappa shape index (κ2) is 13.4. The smallest absolute Gasteiger partial charge is 0.132 e. The molecule has 0 spiro atoms. The molecule has 2 nitrogen and oxygen atoms in total. The van der Waals surface area contributed by atoms with Crippen molar-refractivity contribution in [3.8, 4) is 44.9 Å². The minimum Gasteiger partial charge on any atom is -0.507 e. The Balaban J connectivity index is 1.01. The van der Waals surface area contributed by atoms with E-state index >= 15 is 0 Å². The van der Waals surface area contributed by atoms with Crippen LogP contribution in [0.5, 0.6) is 11.5 Å². The number of hydrogen-bond acceptors (Lipinski definition) is 2. The molecule has 0 bridgehead atoms. The van der Waals surface area contributed by atoms with Gasteiger partial charge in [-0.2, -0.15) is 0 Å². The maximum absolute atomic E-state index is 12.4. The van der Waals surface area contributed by atoms with E-state index in [0.29, 0.717) is 23.0 Å². The van der Waals surface area contributed by atoms with Gasteiger partial charge < -0.3 is 10.2 Å². The fourth-order valence-electron chi connectivity index (χ4n) is 11.0. The maximum atomic E-state index is 12.4. The van der Waals surface area contributed by atoms with Gasteiger partial charge in [0.25, 0.3) is 0 Å². The average molecular weight is 697 g/mol. The van der Waals surface area contributed by atoms with Gasteiger partial charge in [-0.3, -0.25) is 0 Å². The fourth-order valence-corrected chi connectivity index (χ4v) is 11.0. The van der Waals surface area contributed by atoms with Crippen LogP contribution in [0.4, 0.5) is 0 Å². The quantitative estimate of drug-likeness (QED) is 0.166. The van der Waals surface area contributed by atoms with Crippen molar-refractivity contribution in [2.24, 2.45) is 29.6 Å². The lowest BCUT2D eigenvalue weighted by Crippen LogP contribution is -2.17. The Morgan fingerprint density at radius 1 is 0.528 bits per heavy atom. The molecule has 2 heteroatoms. The fraction of sp³-hybridized carbons (Fsp3) is 0.373. The third kappa shape index (κ3) is 5.94. The summed E-state index contributed by atoms with van der Waals surface area (Å²) in [5.74, 6) is 6.83. The first kappa shape index (κ1) is 33.0. The van der Waals surface area contributed by atoms with E-state index in [1.165, 1.54) is 81.8 Å². The maximum Gasteiger partial charge on any atom is 0.132 e. The summed E-state index contributed by atoms with van der Waals surface area (Å²) in [5, 5.41) is 28.7. The van der Waals surface area contributed by atoms with E-state index in [1.807, 2.05) is 12.1 Å². The third-order valence-corrected chi connectivity index (χ3v) is 14.3. The lowest BCUT2D eigenvalue weighted by Gasteiger charge is -2.30. The Labute approximate surface area is 314 Å². The summed E-state index contributed by atoms with van der Waals surface area (Å²) in [6.45, 7) is 2.30. The van der Waals surface area contributed by atoms with Crippen LogP contribution >= 0.6 is 0 Å². The Kier molecular flexibility index (Phi) is 8.34. The number of fused-ring (bicyclic) bond motifs is 3. The molecule has 53 heavy (non-hydrogen) atoms. The van der Waals surface area contributed by atoms with E-state index in [9.17, 15) is 10.2 Å². The Bertz CT molecular complexity index is 2280. The molecule has 6 aromatic rings. The molecule has 268 valence electrons. The summed E-state index contributed by atoms with van der Waals surface area (Å²) >= 11 is 0. The van der Waals surface area contributed by atoms with Crippen molar-refractivity contribution in [1.29, 1.82) is 0 Å². The molecular weight excluding hydrogens is 645 g/mol. The summed E-state index contributed by atoms with van der Waals surface area (Å²) in [4.78, 5) is 0. The third-order valence-electron chi connectivity index (χ3n) is 14.3. The average Bonchev–Trinajstić information content (AvgIpc) is 4.13. The molecule has 0 radical (unpaired) electrons. The van der Waals surface area contributed by atoms with E-state index < -0.39 is 0 Å². The van der Waals surface area contributed by atoms with E-state index in [1.54, 1.807) is 0 Å². The molecule has 4 aliphatic carbocycles. The summed E-state index contributed by atoms with van der Waals surface area (Å²) in [6, 6.07) is 38.8. The van der Waals surface area contributed by atoms with Crippen LogP contribution in [-0.2, 0) is 0 Å². The first-order valence-corrected chi connectivity index (χ1v) is 20.8. The minimum atomic E-state index is 0.212. The molecule has 0 aromatic heterocycles. The Morgan fingerprint density at radius 3 is 1.42 bits per heavy atom. The van der Waals surface area contributed by atoms with Gasteiger partial charge in [0.05, 0.1) is 0 Å². The standard InChI is InChI=1S/C51H52O2/c1-2-7-31-12-14-32(15-13-31)33-16-22-36(23-17-33)43-28-39-8-3-5-10-41(39)48(50(43)52)49-42-11-6-4-9-40(42)29-44(51(49)53)37-24-18-34(19-25-37)35-20-26-38(27-21-35)47-45-30-46(45)47/h3-6,8-11,16-19,22-25,28-29,31-32,35,38,45-47,52-53H,2,7,12-15,20-21,26-27,30H2,1H3/t31-,32-,35-,38-,45?,46?,47?. The van der Waals surface area contributed by atoms with Crippen LogP contribution in [0.25, 0.3) is 54.9 Å². The van der Waals surface area contributed by atoms with E-state index in [-0.39, 0.29) is 11.5 Å². The van der Waals surface area contributed by atoms with Crippen molar-refractivity contribution >= 4 is 21.5 Å². The van der Waals surface area contributed by atoms with Gasteiger partial charge in [0, 0.05) is 22.3 Å². The van der Waals surface area contributed by atoms with Crippen LogP contribution in [-0.4, -0.2) is 10.2 Å². The van der Waals surface area contributed by atoms with Crippen molar-refractivity contribution < 1.29 is 10.2 Å². The van der Waals surface area contributed by atoms with Crippen molar-refractivity contribution in [2.75, 3.05) is 0 Å². The predicted molar refractivity (Wildman–Crippen MR) is 220 cm³/mol. The highest BCUT2D eigenvalue weighted by atomic mass is 16.3. The summed E-state index contributed by atoms with van der Waals surface area (Å²) in [5.41, 5.74) is 7.82. The second-order valence-corrected chi connectivity index (χ2v) is 17.2. The lowest BCUT2D eigenvalue weighted by atomic mass is 9.75. The number of phenols is 2. The van der Waals surface area contributed by atoms with Crippen LogP contribution in [0.3, 0.4) is 0 Å². The first-order chi connectivity index (χ1) is 26.1. The molecule has 10 rings (SSSR count). The zero-order valence-corrected chi connectivity index (χ0v) is 31.1. The molecular formula is C51H52O2. The van der Waals surface area contributed by atoms with Crippen molar-refractivity contribution in [3.05, 3.63) is 120 Å². The SMILES string of the molecule is CCC[C@H]1CC[C@H](c2ccc(-c3cc4ccccc4c(-c4c(O)c(-c5ccc([C@H]6CC[C@H](C7C8CC87)CC6)cc5)cc5ccccc45)c3O)cc2)CC1. The van der Waals surface area contributed by atoms with Crippen molar-refractivity contribution in [3.63, 3.8) is 0 Å². The molecule has 0 amide bonds. The topological polar surface area (TPSA) is 40.5 Å². The number of aromatic hydroxyl groups is 2. The van der Waals surface area contributed by atoms with Gasteiger partial charge in [0.1, 0.15) is 11.5 Å². The highest BCUT2D eigenvalue weighted by molar-refractivity contribution is 6.13. The van der Waals surface area contributed by atoms with Crippen LogP contribution in [0, 0.1) is 29.6 Å². The second-order valence-electron chi connectivity index (χ2n) is 17.2. The molecule has 4 aliphatic rings. The van der Waals surface area contributed by atoms with Crippen molar-refractivity contribution in [2.45, 2.75) is 89.4 Å². The molecule has 4 fully saturated rings. The Morgan fingerprint density at radius 2 is 0.981 bits per heavy atom. The van der Waals surface area contributed by atoms with Gasteiger partial charge in [-0.15, -0.1) is 0 Å². The zero-order chi connectivity index (χ0) is 35.6. The van der Waals surface area contributed by atoms with Gasteiger partial charge in [-0.1, -0.05) is 117 Å². The van der Waals surface area contributed by atoms with Gasteiger partial charge in [0.2, 0.25) is 0 Å². The van der Waals surface area contributed by atoms with Crippen LogP contribution in [0.15, 0.2) is 109 Å². The van der Waals surface area contributed by atoms with Gasteiger partial charge in [-0.25, -0.2) is 0 Å². The normalized spacial score (nSPS) is 26.4. The molecule has 4 saturated carbocycles. The molecule has 6 aromatic carbocycles. The zero-order valence-electron chi connectivity index (χ0n) is 31.1. The van der Waals surface area contributed by atoms with Gasteiger partial charge in [-0.05, 0) is 155 Å². The van der Waals surface area contributed by atoms with Crippen LogP contribution in [0.1, 0.15) is 101 Å². The number of rotatable bonds is 8. The van der Waals surface area contributed by atoms with Gasteiger partial charge in [0.15, 0.2) is 0 Å². The summed E-state index contributed by atoms with van der Waals surface area (Å²) in [7, 11) is 0. The van der Waals surface area contributed by atoms with Crippen LogP contribution < -0.4 is 0 Å². The van der Waals surface area contributed by atoms with Crippen LogP contribution in [0.2, 0.25) is 0 Å². The monoisotopic (exact) mass is 696 g/mol. The molecule has 2 N–H and O–H groups in total.